The molecular formula is C15H25N3O3S. The Hall–Kier alpha value is -0.790. The highest BCUT2D eigenvalue weighted by Gasteiger charge is 2.51. The molecule has 1 unspecified atom stereocenters. The van der Waals surface area contributed by atoms with Gasteiger partial charge in [-0.25, -0.2) is 0 Å². The number of ether oxygens (including phenoxy) is 1. The van der Waals surface area contributed by atoms with Crippen LogP contribution in [-0.2, 0) is 14.3 Å². The summed E-state index contributed by atoms with van der Waals surface area (Å²) in [5.74, 6) is 2.69. The van der Waals surface area contributed by atoms with Crippen LogP contribution in [0.15, 0.2) is 0 Å². The van der Waals surface area contributed by atoms with Gasteiger partial charge < -0.3 is 15.0 Å². The van der Waals surface area contributed by atoms with Crippen LogP contribution in [0.3, 0.4) is 0 Å². The molecule has 6 nitrogen and oxygen atoms in total. The first-order valence-electron chi connectivity index (χ1n) is 7.97. The second kappa shape index (κ2) is 6.37. The van der Waals surface area contributed by atoms with Gasteiger partial charge in [0.2, 0.25) is 11.8 Å². The maximum absolute atomic E-state index is 12.5. The predicted octanol–water partition coefficient (Wildman–Crippen LogP) is -0.213. The summed E-state index contributed by atoms with van der Waals surface area (Å²) in [6, 6.07) is -0.226. The lowest BCUT2D eigenvalue weighted by Crippen LogP contribution is -2.73. The molecule has 3 fully saturated rings. The lowest BCUT2D eigenvalue weighted by atomic mass is 9.88. The maximum atomic E-state index is 12.5. The van der Waals surface area contributed by atoms with Crippen LogP contribution in [0.5, 0.6) is 0 Å². The Morgan fingerprint density at radius 1 is 1.23 bits per heavy atom. The number of carbonyl (C=O) groups is 2. The number of nitrogens with one attached hydrogen (secondary N) is 1. The number of nitrogens with zero attached hydrogens (tertiary/aromatic N) is 2. The molecule has 3 rings (SSSR count). The molecule has 0 aromatic rings. The van der Waals surface area contributed by atoms with Gasteiger partial charge in [0.1, 0.15) is 11.6 Å². The third kappa shape index (κ3) is 2.98. The second-order valence-corrected chi connectivity index (χ2v) is 7.84. The third-order valence-electron chi connectivity index (χ3n) is 5.01. The van der Waals surface area contributed by atoms with Gasteiger partial charge >= 0.3 is 0 Å². The van der Waals surface area contributed by atoms with Gasteiger partial charge in [0, 0.05) is 19.5 Å². The SMILES string of the molecule is CNC(=O)C1COC2(CN(C(=O)C3CCSCC3)C2)CN1C. The first-order valence-corrected chi connectivity index (χ1v) is 9.12. The quantitative estimate of drug-likeness (QED) is 0.760. The zero-order valence-electron chi connectivity index (χ0n) is 13.3. The van der Waals surface area contributed by atoms with Crippen LogP contribution in [0.25, 0.3) is 0 Å². The molecule has 2 amide bonds. The lowest BCUT2D eigenvalue weighted by Gasteiger charge is -2.55. The summed E-state index contributed by atoms with van der Waals surface area (Å²) in [6.45, 7) is 2.44. The molecule has 0 saturated carbocycles. The molecule has 1 atom stereocenters. The number of likely N-dealkylation sites (tertiary alicyclic amines) is 1. The van der Waals surface area contributed by atoms with E-state index in [0.717, 1.165) is 24.3 Å². The van der Waals surface area contributed by atoms with Crippen molar-refractivity contribution in [2.75, 3.05) is 51.8 Å². The molecule has 0 bridgehead atoms. The molecule has 3 aliphatic heterocycles. The third-order valence-corrected chi connectivity index (χ3v) is 6.06. The first-order chi connectivity index (χ1) is 10.5. The number of likely N-dealkylation sites (N-methyl/N-ethyl adjacent to an activating group) is 2. The Labute approximate surface area is 135 Å². The molecule has 0 radical (unpaired) electrons. The highest BCUT2D eigenvalue weighted by molar-refractivity contribution is 7.99. The summed E-state index contributed by atoms with van der Waals surface area (Å²) in [5, 5.41) is 2.67. The van der Waals surface area contributed by atoms with Crippen molar-refractivity contribution in [1.29, 1.82) is 0 Å². The molecule has 3 saturated heterocycles. The fourth-order valence-electron chi connectivity index (χ4n) is 3.63. The smallest absolute Gasteiger partial charge is 0.239 e. The summed E-state index contributed by atoms with van der Waals surface area (Å²) >= 11 is 1.94. The number of carbonyl (C=O) groups excluding carboxylic acids is 2. The molecule has 3 aliphatic rings. The Morgan fingerprint density at radius 2 is 1.91 bits per heavy atom. The zero-order valence-corrected chi connectivity index (χ0v) is 14.2. The average molecular weight is 327 g/mol. The van der Waals surface area contributed by atoms with Crippen molar-refractivity contribution < 1.29 is 14.3 Å². The predicted molar refractivity (Wildman–Crippen MR) is 85.8 cm³/mol. The van der Waals surface area contributed by atoms with Crippen molar-refractivity contribution in [1.82, 2.24) is 15.1 Å². The molecule has 0 aromatic heterocycles. The molecule has 1 spiro atoms. The molecule has 1 N–H and O–H groups in total. The maximum Gasteiger partial charge on any atom is 0.239 e. The van der Waals surface area contributed by atoms with Crippen molar-refractivity contribution in [3.63, 3.8) is 0 Å². The minimum Gasteiger partial charge on any atom is -0.368 e. The van der Waals surface area contributed by atoms with Crippen LogP contribution in [0.2, 0.25) is 0 Å². The van der Waals surface area contributed by atoms with Crippen LogP contribution in [0.1, 0.15) is 12.8 Å². The fraction of sp³-hybridized carbons (Fsp3) is 0.867. The molecule has 0 aliphatic carbocycles. The van der Waals surface area contributed by atoms with Crippen molar-refractivity contribution in [2.45, 2.75) is 24.5 Å². The van der Waals surface area contributed by atoms with E-state index in [2.05, 4.69) is 5.32 Å². The number of morpholine rings is 1. The Balaban J connectivity index is 1.52. The van der Waals surface area contributed by atoms with E-state index in [1.165, 1.54) is 0 Å². The number of thioether (sulfide) groups is 1. The topological polar surface area (TPSA) is 61.9 Å². The summed E-state index contributed by atoms with van der Waals surface area (Å²) in [4.78, 5) is 28.2. The highest BCUT2D eigenvalue weighted by atomic mass is 32.2. The average Bonchev–Trinajstić information content (AvgIpc) is 2.52. The van der Waals surface area contributed by atoms with Gasteiger partial charge in [0.25, 0.3) is 0 Å². The van der Waals surface area contributed by atoms with E-state index in [-0.39, 0.29) is 23.5 Å². The van der Waals surface area contributed by atoms with Crippen molar-refractivity contribution in [3.8, 4) is 0 Å². The number of hydrogen-bond acceptors (Lipinski definition) is 5. The largest absolute Gasteiger partial charge is 0.368 e. The fourth-order valence-corrected chi connectivity index (χ4v) is 4.74. The molecule has 0 aromatic carbocycles. The molecular weight excluding hydrogens is 302 g/mol. The number of hydrogen-bond donors (Lipinski definition) is 1. The molecule has 7 heteroatoms. The van der Waals surface area contributed by atoms with Crippen LogP contribution < -0.4 is 5.32 Å². The van der Waals surface area contributed by atoms with E-state index in [1.54, 1.807) is 7.05 Å². The summed E-state index contributed by atoms with van der Waals surface area (Å²) in [6.07, 6.45) is 2.01. The Kier molecular flexibility index (Phi) is 4.66. The van der Waals surface area contributed by atoms with Crippen LogP contribution >= 0.6 is 11.8 Å². The van der Waals surface area contributed by atoms with E-state index in [0.29, 0.717) is 32.1 Å². The van der Waals surface area contributed by atoms with Gasteiger partial charge in [0.05, 0.1) is 19.7 Å². The summed E-state index contributed by atoms with van der Waals surface area (Å²) < 4.78 is 5.97. The first kappa shape index (κ1) is 16.1. The number of rotatable bonds is 2. The Bertz CT molecular complexity index is 447. The molecule has 124 valence electrons. The van der Waals surface area contributed by atoms with Crippen molar-refractivity contribution in [3.05, 3.63) is 0 Å². The van der Waals surface area contributed by atoms with E-state index < -0.39 is 0 Å². The van der Waals surface area contributed by atoms with E-state index in [4.69, 9.17) is 4.74 Å². The summed E-state index contributed by atoms with van der Waals surface area (Å²) in [5.41, 5.74) is -0.266. The zero-order chi connectivity index (χ0) is 15.7. The van der Waals surface area contributed by atoms with Crippen molar-refractivity contribution in [2.24, 2.45) is 5.92 Å². The number of amides is 2. The van der Waals surface area contributed by atoms with Crippen LogP contribution in [0.4, 0.5) is 0 Å². The van der Waals surface area contributed by atoms with Gasteiger partial charge in [-0.05, 0) is 31.4 Å². The van der Waals surface area contributed by atoms with Gasteiger partial charge in [-0.1, -0.05) is 0 Å². The van der Waals surface area contributed by atoms with Gasteiger partial charge in [-0.15, -0.1) is 0 Å². The minimum atomic E-state index is -0.266. The van der Waals surface area contributed by atoms with Crippen LogP contribution in [0, 0.1) is 5.92 Å². The van der Waals surface area contributed by atoms with Gasteiger partial charge in [0.15, 0.2) is 0 Å². The van der Waals surface area contributed by atoms with Crippen LogP contribution in [-0.4, -0.2) is 85.1 Å². The normalized spacial score (nSPS) is 29.2. The van der Waals surface area contributed by atoms with Gasteiger partial charge in [-0.2, -0.15) is 11.8 Å². The summed E-state index contributed by atoms with van der Waals surface area (Å²) in [7, 11) is 3.60. The van der Waals surface area contributed by atoms with Crippen molar-refractivity contribution >= 4 is 23.6 Å². The Morgan fingerprint density at radius 3 is 2.50 bits per heavy atom. The highest BCUT2D eigenvalue weighted by Crippen LogP contribution is 2.33. The molecule has 22 heavy (non-hydrogen) atoms. The van der Waals surface area contributed by atoms with E-state index in [9.17, 15) is 9.59 Å². The monoisotopic (exact) mass is 327 g/mol. The molecule has 3 heterocycles. The lowest BCUT2D eigenvalue weighted by molar-refractivity contribution is -0.203. The van der Waals surface area contributed by atoms with Gasteiger partial charge in [-0.3, -0.25) is 14.5 Å². The van der Waals surface area contributed by atoms with E-state index >= 15 is 0 Å². The standard InChI is InChI=1S/C15H25N3O3S/c1-16-13(19)12-7-21-15(8-17(12)2)9-18(10-15)14(20)11-3-5-22-6-4-11/h11-12H,3-10H2,1-2H3,(H,16,19). The minimum absolute atomic E-state index is 0.00990. The second-order valence-electron chi connectivity index (χ2n) is 6.62. The van der Waals surface area contributed by atoms with E-state index in [1.807, 2.05) is 28.6 Å².